The van der Waals surface area contributed by atoms with Crippen LogP contribution in [0.1, 0.15) is 21.5 Å². The molecule has 5 nitrogen and oxygen atoms in total. The van der Waals surface area contributed by atoms with Gasteiger partial charge in [0.05, 0.1) is 10.5 Å². The summed E-state index contributed by atoms with van der Waals surface area (Å²) < 4.78 is 13.7. The summed E-state index contributed by atoms with van der Waals surface area (Å²) >= 11 is 0. The van der Waals surface area contributed by atoms with E-state index in [4.69, 9.17) is 0 Å². The van der Waals surface area contributed by atoms with Crippen molar-refractivity contribution in [2.45, 2.75) is 13.8 Å². The zero-order valence-corrected chi connectivity index (χ0v) is 11.5. The summed E-state index contributed by atoms with van der Waals surface area (Å²) in [6.07, 6.45) is 0. The quantitative estimate of drug-likeness (QED) is 0.692. The Hall–Kier alpha value is -2.76. The largest absolute Gasteiger partial charge is 0.316 e. The lowest BCUT2D eigenvalue weighted by molar-refractivity contribution is -0.383. The van der Waals surface area contributed by atoms with Crippen molar-refractivity contribution in [3.8, 4) is 0 Å². The van der Waals surface area contributed by atoms with E-state index < -0.39 is 16.6 Å². The number of anilines is 1. The predicted octanol–water partition coefficient (Wildman–Crippen LogP) is 3.60. The van der Waals surface area contributed by atoms with Gasteiger partial charge in [-0.2, -0.15) is 0 Å². The third-order valence-corrected chi connectivity index (χ3v) is 2.96. The number of nitrogens with zero attached hydrogens (tertiary/aromatic N) is 1. The van der Waals surface area contributed by atoms with E-state index in [1.54, 1.807) is 26.0 Å². The van der Waals surface area contributed by atoms with Crippen LogP contribution in [-0.2, 0) is 0 Å². The number of hydrogen-bond acceptors (Lipinski definition) is 3. The molecule has 0 bridgehead atoms. The lowest BCUT2D eigenvalue weighted by Crippen LogP contribution is -2.15. The molecular weight excluding hydrogens is 275 g/mol. The maximum absolute atomic E-state index is 13.7. The van der Waals surface area contributed by atoms with Gasteiger partial charge in [0, 0.05) is 6.07 Å². The van der Waals surface area contributed by atoms with Crippen LogP contribution in [0.25, 0.3) is 0 Å². The van der Waals surface area contributed by atoms with Crippen LogP contribution in [0.15, 0.2) is 36.4 Å². The topological polar surface area (TPSA) is 72.2 Å². The third-order valence-electron chi connectivity index (χ3n) is 2.96. The van der Waals surface area contributed by atoms with E-state index in [1.807, 2.05) is 0 Å². The van der Waals surface area contributed by atoms with E-state index in [-0.39, 0.29) is 16.9 Å². The Morgan fingerprint density at radius 3 is 2.43 bits per heavy atom. The predicted molar refractivity (Wildman–Crippen MR) is 76.9 cm³/mol. The van der Waals surface area contributed by atoms with Crippen LogP contribution >= 0.6 is 0 Å². The lowest BCUT2D eigenvalue weighted by atomic mass is 10.1. The lowest BCUT2D eigenvalue weighted by Gasteiger charge is -2.08. The average Bonchev–Trinajstić information content (AvgIpc) is 2.41. The van der Waals surface area contributed by atoms with Gasteiger partial charge >= 0.3 is 0 Å². The number of carbonyl (C=O) groups is 1. The van der Waals surface area contributed by atoms with Gasteiger partial charge in [0.2, 0.25) is 0 Å². The summed E-state index contributed by atoms with van der Waals surface area (Å²) in [5.41, 5.74) is 1.14. The second-order valence-corrected chi connectivity index (χ2v) is 4.72. The molecule has 0 unspecified atom stereocenters. The Morgan fingerprint density at radius 2 is 1.76 bits per heavy atom. The molecule has 0 aliphatic heterocycles. The number of halogens is 1. The Morgan fingerprint density at radius 1 is 1.14 bits per heavy atom. The second-order valence-electron chi connectivity index (χ2n) is 4.72. The minimum absolute atomic E-state index is 0.0471. The Balaban J connectivity index is 2.38. The minimum atomic E-state index is -0.718. The van der Waals surface area contributed by atoms with Crippen LogP contribution in [0, 0.1) is 29.8 Å². The molecule has 21 heavy (non-hydrogen) atoms. The first-order chi connectivity index (χ1) is 9.88. The maximum atomic E-state index is 13.7. The number of aryl methyl sites for hydroxylation is 2. The number of carbonyl (C=O) groups excluding carboxylic acids is 1. The maximum Gasteiger partial charge on any atom is 0.292 e. The van der Waals surface area contributed by atoms with Crippen molar-refractivity contribution in [2.75, 3.05) is 5.32 Å². The highest BCUT2D eigenvalue weighted by Gasteiger charge is 2.18. The van der Waals surface area contributed by atoms with Crippen molar-refractivity contribution in [3.63, 3.8) is 0 Å². The Bertz CT molecular complexity index is 729. The van der Waals surface area contributed by atoms with Crippen LogP contribution in [0.3, 0.4) is 0 Å². The zero-order valence-electron chi connectivity index (χ0n) is 11.5. The molecule has 0 aliphatic carbocycles. The van der Waals surface area contributed by atoms with Crippen molar-refractivity contribution >= 4 is 17.3 Å². The fourth-order valence-electron chi connectivity index (χ4n) is 1.91. The summed E-state index contributed by atoms with van der Waals surface area (Å²) in [5, 5.41) is 13.3. The SMILES string of the molecule is Cc1ccc([N+](=O)[O-])c(NC(=O)c2cc(C)ccc2F)c1. The summed E-state index contributed by atoms with van der Waals surface area (Å²) in [7, 11) is 0. The van der Waals surface area contributed by atoms with Crippen molar-refractivity contribution in [2.24, 2.45) is 0 Å². The molecule has 2 aromatic rings. The third kappa shape index (κ3) is 3.22. The number of hydrogen-bond donors (Lipinski definition) is 1. The summed E-state index contributed by atoms with van der Waals surface area (Å²) in [6.45, 7) is 3.47. The molecule has 1 amide bonds. The molecule has 0 radical (unpaired) electrons. The van der Waals surface area contributed by atoms with E-state index in [2.05, 4.69) is 5.32 Å². The molecule has 0 aromatic heterocycles. The molecule has 1 N–H and O–H groups in total. The number of nitrogens with one attached hydrogen (secondary N) is 1. The first kappa shape index (κ1) is 14.6. The van der Waals surface area contributed by atoms with Gasteiger partial charge in [-0.25, -0.2) is 4.39 Å². The van der Waals surface area contributed by atoms with E-state index in [0.717, 1.165) is 11.1 Å². The monoisotopic (exact) mass is 288 g/mol. The molecular formula is C15H13FN2O3. The standard InChI is InChI=1S/C15H13FN2O3/c1-9-3-5-12(16)11(7-9)15(19)17-13-8-10(2)4-6-14(13)18(20)21/h3-8H,1-2H3,(H,17,19). The van der Waals surface area contributed by atoms with Gasteiger partial charge in [0.25, 0.3) is 11.6 Å². The normalized spacial score (nSPS) is 10.2. The van der Waals surface area contributed by atoms with Crippen molar-refractivity contribution in [3.05, 3.63) is 69.0 Å². The van der Waals surface area contributed by atoms with Gasteiger partial charge in [-0.15, -0.1) is 0 Å². The van der Waals surface area contributed by atoms with E-state index in [9.17, 15) is 19.3 Å². The highest BCUT2D eigenvalue weighted by Crippen LogP contribution is 2.26. The molecule has 6 heteroatoms. The summed E-state index contributed by atoms with van der Waals surface area (Å²) in [6, 6.07) is 8.48. The van der Waals surface area contributed by atoms with Gasteiger partial charge in [-0.05, 0) is 37.6 Å². The first-order valence-electron chi connectivity index (χ1n) is 6.21. The average molecular weight is 288 g/mol. The molecule has 108 valence electrons. The molecule has 0 saturated heterocycles. The summed E-state index contributed by atoms with van der Waals surface area (Å²) in [4.78, 5) is 22.5. The van der Waals surface area contributed by atoms with Crippen LogP contribution in [0.4, 0.5) is 15.8 Å². The minimum Gasteiger partial charge on any atom is -0.316 e. The van der Waals surface area contributed by atoms with Gasteiger partial charge in [0.15, 0.2) is 0 Å². The second kappa shape index (κ2) is 5.70. The van der Waals surface area contributed by atoms with Crippen molar-refractivity contribution < 1.29 is 14.1 Å². The van der Waals surface area contributed by atoms with Crippen LogP contribution in [0.2, 0.25) is 0 Å². The van der Waals surface area contributed by atoms with Crippen LogP contribution in [0.5, 0.6) is 0 Å². The smallest absolute Gasteiger partial charge is 0.292 e. The van der Waals surface area contributed by atoms with Gasteiger partial charge in [-0.1, -0.05) is 17.7 Å². The zero-order chi connectivity index (χ0) is 15.6. The highest BCUT2D eigenvalue weighted by atomic mass is 19.1. The molecule has 0 atom stereocenters. The van der Waals surface area contributed by atoms with E-state index in [0.29, 0.717) is 0 Å². The Labute approximate surface area is 120 Å². The van der Waals surface area contributed by atoms with Crippen molar-refractivity contribution in [1.82, 2.24) is 0 Å². The molecule has 0 heterocycles. The number of rotatable bonds is 3. The molecule has 0 aliphatic rings. The number of benzene rings is 2. The number of amides is 1. The Kier molecular flexibility index (Phi) is 3.98. The highest BCUT2D eigenvalue weighted by molar-refractivity contribution is 6.05. The molecule has 0 saturated carbocycles. The van der Waals surface area contributed by atoms with E-state index in [1.165, 1.54) is 24.3 Å². The number of nitro groups is 1. The van der Waals surface area contributed by atoms with E-state index >= 15 is 0 Å². The molecule has 0 spiro atoms. The van der Waals surface area contributed by atoms with Gasteiger partial charge in [0.1, 0.15) is 11.5 Å². The molecule has 2 rings (SSSR count). The van der Waals surface area contributed by atoms with Crippen LogP contribution in [-0.4, -0.2) is 10.8 Å². The van der Waals surface area contributed by atoms with Gasteiger partial charge in [-0.3, -0.25) is 14.9 Å². The first-order valence-corrected chi connectivity index (χ1v) is 6.21. The molecule has 0 fully saturated rings. The number of nitro benzene ring substituents is 1. The molecule has 2 aromatic carbocycles. The van der Waals surface area contributed by atoms with Crippen molar-refractivity contribution in [1.29, 1.82) is 0 Å². The fraction of sp³-hybridized carbons (Fsp3) is 0.133. The van der Waals surface area contributed by atoms with Crippen LogP contribution < -0.4 is 5.32 Å². The summed E-state index contributed by atoms with van der Waals surface area (Å²) in [5.74, 6) is -1.39. The fourth-order valence-corrected chi connectivity index (χ4v) is 1.91. The van der Waals surface area contributed by atoms with Gasteiger partial charge < -0.3 is 5.32 Å².